The van der Waals surface area contributed by atoms with E-state index in [-0.39, 0.29) is 17.3 Å². The predicted molar refractivity (Wildman–Crippen MR) is 138 cm³/mol. The first-order valence-corrected chi connectivity index (χ1v) is 13.7. The number of benzene rings is 2. The molecule has 0 N–H and O–H groups in total. The summed E-state index contributed by atoms with van der Waals surface area (Å²) in [6.07, 6.45) is 0.566. The maximum atomic E-state index is 13.7. The Morgan fingerprint density at radius 3 is 2.06 bits per heavy atom. The maximum Gasteiger partial charge on any atom is 0.255 e. The quantitative estimate of drug-likeness (QED) is 0.483. The number of ether oxygens (including phenoxy) is 3. The first-order chi connectivity index (χ1) is 17.2. The standard InChI is InChI=1S/C24H29Cl2N3O6S/c1-33-20-5-4-18(14-19(20)27-8-10-28(11-9-27)24(30)23(25)26)36(31,32)29-7-6-16-12-21(34-2)22(35-3)13-17(16)15-29/h4-5,12-14,23H,6-11,15H2,1-3H3. The van der Waals surface area contributed by atoms with Crippen molar-refractivity contribution in [2.24, 2.45) is 0 Å². The van der Waals surface area contributed by atoms with Crippen molar-refractivity contribution >= 4 is 44.8 Å². The van der Waals surface area contributed by atoms with Crippen molar-refractivity contribution in [1.82, 2.24) is 9.21 Å². The van der Waals surface area contributed by atoms with Crippen LogP contribution in [0.3, 0.4) is 0 Å². The van der Waals surface area contributed by atoms with Crippen molar-refractivity contribution in [1.29, 1.82) is 0 Å². The van der Waals surface area contributed by atoms with Crippen LogP contribution < -0.4 is 19.1 Å². The second-order valence-corrected chi connectivity index (χ2v) is 11.5. The second kappa shape index (κ2) is 10.9. The number of hydrogen-bond donors (Lipinski definition) is 0. The zero-order valence-electron chi connectivity index (χ0n) is 20.4. The highest BCUT2D eigenvalue weighted by atomic mass is 35.5. The van der Waals surface area contributed by atoms with Gasteiger partial charge < -0.3 is 24.0 Å². The molecule has 2 aliphatic heterocycles. The molecule has 2 heterocycles. The van der Waals surface area contributed by atoms with Crippen LogP contribution in [0.1, 0.15) is 11.1 Å². The van der Waals surface area contributed by atoms with E-state index in [1.807, 2.05) is 17.0 Å². The van der Waals surface area contributed by atoms with Crippen molar-refractivity contribution in [2.45, 2.75) is 22.7 Å². The minimum Gasteiger partial charge on any atom is -0.495 e. The van der Waals surface area contributed by atoms with Crippen LogP contribution in [0.2, 0.25) is 0 Å². The number of halogens is 2. The van der Waals surface area contributed by atoms with E-state index in [0.717, 1.165) is 11.1 Å². The molecule has 2 aromatic rings. The Morgan fingerprint density at radius 1 is 0.861 bits per heavy atom. The van der Waals surface area contributed by atoms with E-state index < -0.39 is 14.9 Å². The van der Waals surface area contributed by atoms with E-state index in [9.17, 15) is 13.2 Å². The Labute approximate surface area is 221 Å². The monoisotopic (exact) mass is 557 g/mol. The summed E-state index contributed by atoms with van der Waals surface area (Å²) in [5.74, 6) is 1.42. The van der Waals surface area contributed by atoms with Crippen molar-refractivity contribution in [3.63, 3.8) is 0 Å². The second-order valence-electron chi connectivity index (χ2n) is 8.51. The van der Waals surface area contributed by atoms with Gasteiger partial charge in [0.2, 0.25) is 10.0 Å². The molecular formula is C24H29Cl2N3O6S. The number of fused-ring (bicyclic) bond motifs is 1. The summed E-state index contributed by atoms with van der Waals surface area (Å²) in [5, 5.41) is 0. The molecule has 2 aliphatic rings. The Balaban J connectivity index is 1.58. The normalized spacial score (nSPS) is 16.6. The number of anilines is 1. The number of hydrogen-bond acceptors (Lipinski definition) is 7. The predicted octanol–water partition coefficient (Wildman–Crippen LogP) is 2.91. The van der Waals surface area contributed by atoms with Gasteiger partial charge in [-0.25, -0.2) is 8.42 Å². The number of piperazine rings is 1. The summed E-state index contributed by atoms with van der Waals surface area (Å²) in [7, 11) is 0.895. The lowest BCUT2D eigenvalue weighted by Crippen LogP contribution is -2.50. The third kappa shape index (κ3) is 5.18. The van der Waals surface area contributed by atoms with Crippen LogP contribution in [-0.2, 0) is 27.8 Å². The highest BCUT2D eigenvalue weighted by Gasteiger charge is 2.31. The molecule has 0 spiro atoms. The van der Waals surface area contributed by atoms with E-state index in [1.165, 1.54) is 4.31 Å². The van der Waals surface area contributed by atoms with Gasteiger partial charge in [-0.2, -0.15) is 4.31 Å². The molecule has 9 nitrogen and oxygen atoms in total. The number of amides is 1. The molecule has 1 amide bonds. The van der Waals surface area contributed by atoms with Gasteiger partial charge in [0.05, 0.1) is 31.9 Å². The molecule has 0 aromatic heterocycles. The molecule has 196 valence electrons. The molecular weight excluding hydrogens is 529 g/mol. The summed E-state index contributed by atoms with van der Waals surface area (Å²) in [6, 6.07) is 8.61. The summed E-state index contributed by atoms with van der Waals surface area (Å²) in [6.45, 7) is 2.41. The first-order valence-electron chi connectivity index (χ1n) is 11.4. The molecule has 4 rings (SSSR count). The molecule has 0 atom stereocenters. The lowest BCUT2D eigenvalue weighted by molar-refractivity contribution is -0.129. The molecule has 0 saturated carbocycles. The van der Waals surface area contributed by atoms with Crippen molar-refractivity contribution < 1.29 is 27.4 Å². The number of carbonyl (C=O) groups excluding carboxylic acids is 1. The third-order valence-electron chi connectivity index (χ3n) is 6.59. The Morgan fingerprint density at radius 2 is 1.47 bits per heavy atom. The minimum atomic E-state index is -3.78. The van der Waals surface area contributed by atoms with E-state index >= 15 is 0 Å². The molecule has 2 aromatic carbocycles. The molecule has 1 fully saturated rings. The van der Waals surface area contributed by atoms with Crippen molar-refractivity contribution in [3.8, 4) is 17.2 Å². The molecule has 0 bridgehead atoms. The Hall–Kier alpha value is -2.40. The number of sulfonamides is 1. The third-order valence-corrected chi connectivity index (χ3v) is 8.80. The van der Waals surface area contributed by atoms with Gasteiger partial charge in [0.1, 0.15) is 5.75 Å². The minimum absolute atomic E-state index is 0.183. The van der Waals surface area contributed by atoms with Crippen molar-refractivity contribution in [2.75, 3.05) is 59.0 Å². The van der Waals surface area contributed by atoms with Crippen LogP contribution in [0.5, 0.6) is 17.2 Å². The van der Waals surface area contributed by atoms with Crippen LogP contribution in [-0.4, -0.2) is 82.4 Å². The molecule has 12 heteroatoms. The summed E-state index contributed by atoms with van der Waals surface area (Å²) in [4.78, 5) is 14.8. The topological polar surface area (TPSA) is 88.6 Å². The fraction of sp³-hybridized carbons (Fsp3) is 0.458. The average molecular weight is 558 g/mol. The van der Waals surface area contributed by atoms with Crippen LogP contribution in [0.4, 0.5) is 5.69 Å². The van der Waals surface area contributed by atoms with E-state index in [2.05, 4.69) is 0 Å². The highest BCUT2D eigenvalue weighted by molar-refractivity contribution is 7.89. The fourth-order valence-corrected chi connectivity index (χ4v) is 6.31. The summed E-state index contributed by atoms with van der Waals surface area (Å²) < 4.78 is 45.1. The average Bonchev–Trinajstić information content (AvgIpc) is 2.90. The highest BCUT2D eigenvalue weighted by Crippen LogP contribution is 2.36. The summed E-state index contributed by atoms with van der Waals surface area (Å²) in [5.41, 5.74) is 2.58. The fourth-order valence-electron chi connectivity index (χ4n) is 4.59. The lowest BCUT2D eigenvalue weighted by Gasteiger charge is -2.37. The van der Waals surface area contributed by atoms with Crippen LogP contribution in [0.25, 0.3) is 0 Å². The Bertz CT molecular complexity index is 1230. The molecule has 0 aliphatic carbocycles. The first kappa shape index (κ1) is 26.7. The molecule has 1 saturated heterocycles. The lowest BCUT2D eigenvalue weighted by atomic mass is 10.0. The zero-order chi connectivity index (χ0) is 26.0. The van der Waals surface area contributed by atoms with E-state index in [1.54, 1.807) is 44.4 Å². The SMILES string of the molecule is COc1cc2c(cc1OC)CN(S(=O)(=O)c1ccc(OC)c(N3CCN(C(=O)C(Cl)Cl)CC3)c1)CC2. The number of rotatable bonds is 7. The van der Waals surface area contributed by atoms with Crippen molar-refractivity contribution in [3.05, 3.63) is 41.5 Å². The van der Waals surface area contributed by atoms with E-state index in [0.29, 0.717) is 62.1 Å². The molecule has 0 unspecified atom stereocenters. The van der Waals surface area contributed by atoms with E-state index in [4.69, 9.17) is 37.4 Å². The van der Waals surface area contributed by atoms with Crippen LogP contribution >= 0.6 is 23.2 Å². The molecule has 36 heavy (non-hydrogen) atoms. The van der Waals surface area contributed by atoms with Gasteiger partial charge >= 0.3 is 0 Å². The number of methoxy groups -OCH3 is 3. The number of alkyl halides is 2. The van der Waals surface area contributed by atoms with Crippen LogP contribution in [0.15, 0.2) is 35.2 Å². The molecule has 0 radical (unpaired) electrons. The zero-order valence-corrected chi connectivity index (χ0v) is 22.7. The van der Waals surface area contributed by atoms with Gasteiger partial charge in [-0.1, -0.05) is 23.2 Å². The van der Waals surface area contributed by atoms with Gasteiger partial charge in [0.15, 0.2) is 16.3 Å². The summed E-state index contributed by atoms with van der Waals surface area (Å²) >= 11 is 11.5. The smallest absolute Gasteiger partial charge is 0.255 e. The van der Waals surface area contributed by atoms with Gasteiger partial charge in [-0.05, 0) is 47.9 Å². The van der Waals surface area contributed by atoms with Gasteiger partial charge in [0.25, 0.3) is 5.91 Å². The van der Waals surface area contributed by atoms with Gasteiger partial charge in [-0.15, -0.1) is 0 Å². The Kier molecular flexibility index (Phi) is 8.09. The van der Waals surface area contributed by atoms with Gasteiger partial charge in [-0.3, -0.25) is 4.79 Å². The van der Waals surface area contributed by atoms with Crippen LogP contribution in [0, 0.1) is 0 Å². The maximum absolute atomic E-state index is 13.7. The number of carbonyl (C=O) groups is 1. The largest absolute Gasteiger partial charge is 0.495 e. The van der Waals surface area contributed by atoms with Gasteiger partial charge in [0, 0.05) is 39.3 Å². The number of nitrogens with zero attached hydrogens (tertiary/aromatic N) is 3.